The molecule has 3 heterocycles. The van der Waals surface area contributed by atoms with Gasteiger partial charge < -0.3 is 5.32 Å². The molecule has 0 spiro atoms. The number of halogens is 2. The second-order valence-electron chi connectivity index (χ2n) is 6.39. The molecule has 2 amide bonds. The standard InChI is InChI=1S/C19H14ClFN6O2S2/c1-10-2-5-15-22-12(7-16(28)27(15)8-10)9-30-19-26-25-18(31-19)24-17(29)23-11-3-4-14(21)13(20)6-11/h2-8H,9H2,1H3,(H2,23,24,25,29). The Morgan fingerprint density at radius 1 is 1.23 bits per heavy atom. The van der Waals surface area contributed by atoms with Gasteiger partial charge in [0.15, 0.2) is 4.34 Å². The summed E-state index contributed by atoms with van der Waals surface area (Å²) in [4.78, 5) is 28.9. The summed E-state index contributed by atoms with van der Waals surface area (Å²) in [6.45, 7) is 1.91. The van der Waals surface area contributed by atoms with Gasteiger partial charge in [0.05, 0.1) is 10.7 Å². The van der Waals surface area contributed by atoms with Crippen molar-refractivity contribution in [3.8, 4) is 0 Å². The van der Waals surface area contributed by atoms with Crippen LogP contribution < -0.4 is 16.2 Å². The number of urea groups is 1. The van der Waals surface area contributed by atoms with Gasteiger partial charge in [0.25, 0.3) is 5.56 Å². The molecule has 0 aliphatic rings. The minimum atomic E-state index is -0.572. The molecule has 1 aromatic carbocycles. The number of hydrogen-bond donors (Lipinski definition) is 2. The summed E-state index contributed by atoms with van der Waals surface area (Å²) in [6, 6.07) is 8.47. The Morgan fingerprint density at radius 3 is 2.87 bits per heavy atom. The van der Waals surface area contributed by atoms with E-state index in [1.54, 1.807) is 12.3 Å². The number of thioether (sulfide) groups is 1. The SMILES string of the molecule is Cc1ccc2nc(CSc3nnc(NC(=O)Nc4ccc(F)c(Cl)c4)s3)cc(=O)n2c1. The molecule has 4 rings (SSSR count). The summed E-state index contributed by atoms with van der Waals surface area (Å²) in [5.74, 6) is -0.147. The molecule has 31 heavy (non-hydrogen) atoms. The maximum Gasteiger partial charge on any atom is 0.325 e. The van der Waals surface area contributed by atoms with Crippen LogP contribution in [0.15, 0.2) is 51.7 Å². The summed E-state index contributed by atoms with van der Waals surface area (Å²) in [5, 5.41) is 13.2. The lowest BCUT2D eigenvalue weighted by molar-refractivity contribution is 0.262. The highest BCUT2D eigenvalue weighted by Gasteiger charge is 2.11. The van der Waals surface area contributed by atoms with Crippen molar-refractivity contribution < 1.29 is 9.18 Å². The Morgan fingerprint density at radius 2 is 2.06 bits per heavy atom. The Kier molecular flexibility index (Phi) is 6.16. The van der Waals surface area contributed by atoms with Gasteiger partial charge in [-0.15, -0.1) is 10.2 Å². The molecule has 0 aliphatic carbocycles. The molecule has 8 nitrogen and oxygen atoms in total. The van der Waals surface area contributed by atoms with Gasteiger partial charge in [-0.05, 0) is 36.8 Å². The molecular formula is C19H14ClFN6O2S2. The molecule has 0 saturated heterocycles. The zero-order valence-electron chi connectivity index (χ0n) is 15.9. The van der Waals surface area contributed by atoms with Gasteiger partial charge in [-0.25, -0.2) is 14.2 Å². The Balaban J connectivity index is 1.37. The summed E-state index contributed by atoms with van der Waals surface area (Å²) >= 11 is 8.23. The first-order chi connectivity index (χ1) is 14.9. The summed E-state index contributed by atoms with van der Waals surface area (Å²) in [7, 11) is 0. The van der Waals surface area contributed by atoms with Gasteiger partial charge in [0, 0.05) is 23.7 Å². The van der Waals surface area contributed by atoms with E-state index in [1.165, 1.54) is 45.7 Å². The van der Waals surface area contributed by atoms with Crippen LogP contribution in [0.2, 0.25) is 5.02 Å². The Labute approximate surface area is 188 Å². The molecule has 0 fully saturated rings. The van der Waals surface area contributed by atoms with Crippen LogP contribution in [0.5, 0.6) is 0 Å². The van der Waals surface area contributed by atoms with Crippen LogP contribution in [0.1, 0.15) is 11.3 Å². The number of benzene rings is 1. The van der Waals surface area contributed by atoms with E-state index in [0.717, 1.165) is 11.6 Å². The highest BCUT2D eigenvalue weighted by molar-refractivity contribution is 8.00. The minimum Gasteiger partial charge on any atom is -0.308 e. The van der Waals surface area contributed by atoms with E-state index in [9.17, 15) is 14.0 Å². The van der Waals surface area contributed by atoms with Crippen molar-refractivity contribution in [3.05, 3.63) is 75.0 Å². The number of nitrogens with one attached hydrogen (secondary N) is 2. The van der Waals surface area contributed by atoms with E-state index in [-0.39, 0.29) is 15.7 Å². The third kappa shape index (κ3) is 5.19. The van der Waals surface area contributed by atoms with E-state index in [0.29, 0.717) is 27.1 Å². The molecular weight excluding hydrogens is 463 g/mol. The number of rotatable bonds is 5. The van der Waals surface area contributed by atoms with Crippen LogP contribution >= 0.6 is 34.7 Å². The molecule has 158 valence electrons. The summed E-state index contributed by atoms with van der Waals surface area (Å²) in [6.07, 6.45) is 1.75. The number of amides is 2. The second-order valence-corrected chi connectivity index (χ2v) is 9.00. The van der Waals surface area contributed by atoms with Crippen molar-refractivity contribution in [1.29, 1.82) is 0 Å². The average Bonchev–Trinajstić information content (AvgIpc) is 3.17. The molecule has 4 aromatic rings. The van der Waals surface area contributed by atoms with Crippen LogP contribution in [-0.4, -0.2) is 25.6 Å². The van der Waals surface area contributed by atoms with Crippen molar-refractivity contribution >= 4 is 57.2 Å². The fourth-order valence-electron chi connectivity index (χ4n) is 2.62. The molecule has 0 unspecified atom stereocenters. The normalized spacial score (nSPS) is 10.9. The first kappa shape index (κ1) is 21.2. The zero-order chi connectivity index (χ0) is 22.0. The molecule has 0 saturated carbocycles. The maximum atomic E-state index is 13.2. The second kappa shape index (κ2) is 9.00. The average molecular weight is 477 g/mol. The van der Waals surface area contributed by atoms with Crippen LogP contribution in [0.25, 0.3) is 5.65 Å². The van der Waals surface area contributed by atoms with Gasteiger partial charge in [-0.1, -0.05) is 40.8 Å². The Bertz CT molecular complexity index is 1340. The van der Waals surface area contributed by atoms with Gasteiger partial charge >= 0.3 is 6.03 Å². The number of carbonyl (C=O) groups is 1. The minimum absolute atomic E-state index is 0.0931. The van der Waals surface area contributed by atoms with Crippen molar-refractivity contribution in [2.45, 2.75) is 17.0 Å². The molecule has 0 radical (unpaired) electrons. The van der Waals surface area contributed by atoms with Gasteiger partial charge in [0.1, 0.15) is 11.5 Å². The summed E-state index contributed by atoms with van der Waals surface area (Å²) in [5.41, 5.74) is 2.35. The third-order valence-electron chi connectivity index (χ3n) is 4.01. The highest BCUT2D eigenvalue weighted by Crippen LogP contribution is 2.28. The van der Waals surface area contributed by atoms with E-state index >= 15 is 0 Å². The predicted molar refractivity (Wildman–Crippen MR) is 120 cm³/mol. The van der Waals surface area contributed by atoms with Crippen LogP contribution in [0, 0.1) is 12.7 Å². The van der Waals surface area contributed by atoms with Crippen LogP contribution in [0.4, 0.5) is 20.0 Å². The van der Waals surface area contributed by atoms with Crippen molar-refractivity contribution in [2.75, 3.05) is 10.6 Å². The van der Waals surface area contributed by atoms with Crippen LogP contribution in [-0.2, 0) is 5.75 Å². The fraction of sp³-hybridized carbons (Fsp3) is 0.105. The third-order valence-corrected chi connectivity index (χ3v) is 6.30. The number of aryl methyl sites for hydroxylation is 1. The van der Waals surface area contributed by atoms with Gasteiger partial charge in [-0.2, -0.15) is 0 Å². The van der Waals surface area contributed by atoms with Crippen molar-refractivity contribution in [2.24, 2.45) is 0 Å². The van der Waals surface area contributed by atoms with Gasteiger partial charge in [-0.3, -0.25) is 14.5 Å². The first-order valence-corrected chi connectivity index (χ1v) is 11.0. The van der Waals surface area contributed by atoms with Gasteiger partial charge in [0.2, 0.25) is 5.13 Å². The zero-order valence-corrected chi connectivity index (χ0v) is 18.3. The number of anilines is 2. The number of carbonyl (C=O) groups excluding carboxylic acids is 1. The molecule has 0 aliphatic heterocycles. The van der Waals surface area contributed by atoms with E-state index in [1.807, 2.05) is 13.0 Å². The van der Waals surface area contributed by atoms with Crippen molar-refractivity contribution in [1.82, 2.24) is 19.6 Å². The van der Waals surface area contributed by atoms with Crippen molar-refractivity contribution in [3.63, 3.8) is 0 Å². The van der Waals surface area contributed by atoms with Crippen LogP contribution in [0.3, 0.4) is 0 Å². The quantitative estimate of drug-likeness (QED) is 0.323. The lowest BCUT2D eigenvalue weighted by atomic mass is 10.3. The highest BCUT2D eigenvalue weighted by atomic mass is 35.5. The molecule has 0 atom stereocenters. The number of aromatic nitrogens is 4. The smallest absolute Gasteiger partial charge is 0.308 e. The van der Waals surface area contributed by atoms with E-state index in [4.69, 9.17) is 11.6 Å². The lowest BCUT2D eigenvalue weighted by Crippen LogP contribution is -2.19. The predicted octanol–water partition coefficient (Wildman–Crippen LogP) is 4.58. The molecule has 0 bridgehead atoms. The lowest BCUT2D eigenvalue weighted by Gasteiger charge is -2.05. The number of nitrogens with zero attached hydrogens (tertiary/aromatic N) is 4. The monoisotopic (exact) mass is 476 g/mol. The first-order valence-electron chi connectivity index (χ1n) is 8.86. The topological polar surface area (TPSA) is 101 Å². The fourth-order valence-corrected chi connectivity index (χ4v) is 4.44. The molecule has 12 heteroatoms. The molecule has 2 N–H and O–H groups in total. The number of fused-ring (bicyclic) bond motifs is 1. The Hall–Kier alpha value is -3.02. The number of hydrogen-bond acceptors (Lipinski definition) is 7. The molecule has 3 aromatic heterocycles. The van der Waals surface area contributed by atoms with E-state index < -0.39 is 11.8 Å². The summed E-state index contributed by atoms with van der Waals surface area (Å²) < 4.78 is 15.3. The largest absolute Gasteiger partial charge is 0.325 e. The number of pyridine rings is 1. The maximum absolute atomic E-state index is 13.2. The van der Waals surface area contributed by atoms with E-state index in [2.05, 4.69) is 25.8 Å².